The van der Waals surface area contributed by atoms with Crippen LogP contribution in [0.5, 0.6) is 0 Å². The van der Waals surface area contributed by atoms with Crippen LogP contribution >= 0.6 is 7.82 Å². The zero-order valence-corrected chi connectivity index (χ0v) is 14.1. The highest BCUT2D eigenvalue weighted by Gasteiger charge is 2.46. The van der Waals surface area contributed by atoms with Gasteiger partial charge in [0.25, 0.3) is 0 Å². The number of rotatable bonds is 5. The number of nitrogens with zero attached hydrogens (tertiary/aromatic N) is 7. The zero-order valence-electron chi connectivity index (χ0n) is 13.2. The van der Waals surface area contributed by atoms with Gasteiger partial charge in [-0.2, -0.15) is 0 Å². The van der Waals surface area contributed by atoms with Gasteiger partial charge in [-0.25, -0.2) is 19.5 Å². The molecule has 4 N–H and O–H groups in total. The first kappa shape index (κ1) is 18.6. The molecule has 0 aromatic carbocycles. The topological polar surface area (TPSA) is 209 Å². The molecule has 1 fully saturated rings. The second-order valence-corrected chi connectivity index (χ2v) is 6.67. The average molecular weight is 387 g/mol. The number of imidazole rings is 1. The lowest BCUT2D eigenvalue weighted by Gasteiger charge is -2.18. The molecule has 140 valence electrons. The van der Waals surface area contributed by atoms with E-state index < -0.39 is 39.0 Å². The number of ether oxygens (including phenoxy) is 1. The summed E-state index contributed by atoms with van der Waals surface area (Å²) >= 11 is 0. The second-order valence-electron chi connectivity index (χ2n) is 5.44. The van der Waals surface area contributed by atoms with Crippen molar-refractivity contribution in [2.75, 3.05) is 6.61 Å². The van der Waals surface area contributed by atoms with Crippen molar-refractivity contribution in [1.82, 2.24) is 19.5 Å². The molecule has 3 heterocycles. The number of fused-ring (bicyclic) bond motifs is 1. The first-order valence-electron chi connectivity index (χ1n) is 7.19. The maximum absolute atomic E-state index is 10.8. The minimum absolute atomic E-state index is 0.182. The van der Waals surface area contributed by atoms with E-state index >= 15 is 0 Å². The third-order valence-corrected chi connectivity index (χ3v) is 4.26. The van der Waals surface area contributed by atoms with E-state index in [2.05, 4.69) is 29.5 Å². The minimum Gasteiger partial charge on any atom is -0.387 e. The molecule has 26 heavy (non-hydrogen) atoms. The molecular formula is C11H14N7O7P. The fourth-order valence-corrected chi connectivity index (χ4v) is 2.95. The van der Waals surface area contributed by atoms with E-state index in [0.717, 1.165) is 0 Å². The van der Waals surface area contributed by atoms with Gasteiger partial charge in [0, 0.05) is 4.91 Å². The smallest absolute Gasteiger partial charge is 0.387 e. The largest absolute Gasteiger partial charge is 0.469 e. The Kier molecular flexibility index (Phi) is 4.92. The SMILES string of the molecule is Cc1ncnc2c1nc(N=[N+]=[N-])n2[C@@H]1OC(COP(=O)(O)O)[C@@H](O)[C@H]1O. The summed E-state index contributed by atoms with van der Waals surface area (Å²) in [5, 5.41) is 23.8. The van der Waals surface area contributed by atoms with Crippen LogP contribution < -0.4 is 0 Å². The number of phosphoric acid groups is 1. The normalized spacial score (nSPS) is 26.2. The van der Waals surface area contributed by atoms with Gasteiger partial charge in [0.1, 0.15) is 30.2 Å². The molecule has 1 saturated heterocycles. The molecule has 2 aromatic heterocycles. The Hall–Kier alpha value is -2.15. The third-order valence-electron chi connectivity index (χ3n) is 3.77. The van der Waals surface area contributed by atoms with Gasteiger partial charge in [0.15, 0.2) is 11.9 Å². The number of hydrogen-bond donors (Lipinski definition) is 4. The van der Waals surface area contributed by atoms with Crippen LogP contribution in [-0.2, 0) is 13.8 Å². The van der Waals surface area contributed by atoms with E-state index in [4.69, 9.17) is 20.1 Å². The molecule has 0 aliphatic carbocycles. The van der Waals surface area contributed by atoms with Gasteiger partial charge >= 0.3 is 7.82 Å². The lowest BCUT2D eigenvalue weighted by Crippen LogP contribution is -2.33. The highest BCUT2D eigenvalue weighted by Crippen LogP contribution is 2.40. The number of phosphoric ester groups is 1. The van der Waals surface area contributed by atoms with Crippen molar-refractivity contribution >= 4 is 24.9 Å². The molecule has 0 radical (unpaired) electrons. The number of aliphatic hydroxyl groups excluding tert-OH is 2. The second kappa shape index (κ2) is 6.87. The number of aliphatic hydroxyl groups is 2. The van der Waals surface area contributed by atoms with Gasteiger partial charge in [-0.1, -0.05) is 0 Å². The summed E-state index contributed by atoms with van der Waals surface area (Å²) in [6.45, 7) is 0.981. The minimum atomic E-state index is -4.79. The highest BCUT2D eigenvalue weighted by atomic mass is 31.2. The molecule has 4 atom stereocenters. The molecule has 1 unspecified atom stereocenters. The van der Waals surface area contributed by atoms with Gasteiger partial charge in [-0.3, -0.25) is 9.09 Å². The maximum atomic E-state index is 10.8. The molecular weight excluding hydrogens is 373 g/mol. The molecule has 0 amide bonds. The van der Waals surface area contributed by atoms with E-state index in [-0.39, 0.29) is 11.6 Å². The van der Waals surface area contributed by atoms with E-state index in [1.807, 2.05) is 0 Å². The van der Waals surface area contributed by atoms with Gasteiger partial charge in [0.2, 0.25) is 5.95 Å². The van der Waals surface area contributed by atoms with Crippen molar-refractivity contribution in [3.05, 3.63) is 22.5 Å². The number of azide groups is 1. The van der Waals surface area contributed by atoms with Crippen LogP contribution in [0.2, 0.25) is 0 Å². The fraction of sp³-hybridized carbons (Fsp3) is 0.545. The Bertz CT molecular complexity index is 923. The Morgan fingerprint density at radius 1 is 1.42 bits per heavy atom. The Morgan fingerprint density at radius 3 is 2.81 bits per heavy atom. The van der Waals surface area contributed by atoms with Gasteiger partial charge in [-0.15, -0.1) is 0 Å². The predicted molar refractivity (Wildman–Crippen MR) is 82.8 cm³/mol. The molecule has 0 bridgehead atoms. The number of hydrogen-bond acceptors (Lipinski definition) is 9. The molecule has 14 nitrogen and oxygen atoms in total. The van der Waals surface area contributed by atoms with Crippen molar-refractivity contribution in [1.29, 1.82) is 0 Å². The van der Waals surface area contributed by atoms with E-state index in [0.29, 0.717) is 11.2 Å². The summed E-state index contributed by atoms with van der Waals surface area (Å²) < 4.78 is 21.8. The van der Waals surface area contributed by atoms with Crippen molar-refractivity contribution < 1.29 is 33.8 Å². The first-order valence-corrected chi connectivity index (χ1v) is 8.72. The number of aryl methyl sites for hydroxylation is 1. The summed E-state index contributed by atoms with van der Waals surface area (Å²) in [5.74, 6) is -0.182. The highest BCUT2D eigenvalue weighted by molar-refractivity contribution is 7.46. The Balaban J connectivity index is 2.00. The molecule has 0 saturated carbocycles. The van der Waals surface area contributed by atoms with Crippen molar-refractivity contribution in [3.63, 3.8) is 0 Å². The van der Waals surface area contributed by atoms with Gasteiger partial charge in [0.05, 0.1) is 12.3 Å². The third kappa shape index (κ3) is 3.40. The summed E-state index contributed by atoms with van der Waals surface area (Å²) in [6.07, 6.45) is -4.34. The standard InChI is InChI=1S/C11H14N7O7P/c1-4-6-9(14-3-13-4)18(11(15-6)16-17-12)10-8(20)7(19)5(25-10)2-24-26(21,22)23/h3,5,7-8,10,19-20H,2H2,1H3,(H2,21,22,23)/t5?,7-,8-,10-/m1/s1. The van der Waals surface area contributed by atoms with Crippen LogP contribution in [0.15, 0.2) is 11.4 Å². The lowest BCUT2D eigenvalue weighted by molar-refractivity contribution is -0.0495. The van der Waals surface area contributed by atoms with Crippen LogP contribution in [0.3, 0.4) is 0 Å². The predicted octanol–water partition coefficient (Wildman–Crippen LogP) is -0.195. The monoisotopic (exact) mass is 387 g/mol. The van der Waals surface area contributed by atoms with Crippen molar-refractivity contribution in [2.45, 2.75) is 31.5 Å². The molecule has 2 aromatic rings. The van der Waals surface area contributed by atoms with E-state index in [1.165, 1.54) is 10.9 Å². The molecule has 1 aliphatic heterocycles. The van der Waals surface area contributed by atoms with Gasteiger partial charge < -0.3 is 24.7 Å². The fourth-order valence-electron chi connectivity index (χ4n) is 2.61. The molecule has 0 spiro atoms. The summed E-state index contributed by atoms with van der Waals surface area (Å²) in [7, 11) is -4.79. The average Bonchev–Trinajstić information content (AvgIpc) is 3.05. The molecule has 1 aliphatic rings. The Labute approximate surface area is 144 Å². The zero-order chi connectivity index (χ0) is 19.1. The van der Waals surface area contributed by atoms with Crippen molar-refractivity contribution in [2.24, 2.45) is 5.11 Å². The van der Waals surface area contributed by atoms with Crippen LogP contribution in [-0.4, -0.2) is 64.4 Å². The quantitative estimate of drug-likeness (QED) is 0.230. The Morgan fingerprint density at radius 2 is 2.15 bits per heavy atom. The lowest BCUT2D eigenvalue weighted by atomic mass is 10.1. The van der Waals surface area contributed by atoms with Gasteiger partial charge in [-0.05, 0) is 17.6 Å². The van der Waals surface area contributed by atoms with Crippen molar-refractivity contribution in [3.8, 4) is 0 Å². The summed E-state index contributed by atoms with van der Waals surface area (Å²) in [6, 6.07) is 0. The van der Waals surface area contributed by atoms with Crippen LogP contribution in [0.25, 0.3) is 21.6 Å². The van der Waals surface area contributed by atoms with Crippen LogP contribution in [0.4, 0.5) is 5.95 Å². The molecule has 15 heteroatoms. The molecule has 3 rings (SSSR count). The van der Waals surface area contributed by atoms with E-state index in [9.17, 15) is 14.8 Å². The van der Waals surface area contributed by atoms with Crippen LogP contribution in [0, 0.1) is 6.92 Å². The number of aromatic nitrogens is 4. The maximum Gasteiger partial charge on any atom is 0.469 e. The van der Waals surface area contributed by atoms with Crippen LogP contribution in [0.1, 0.15) is 11.9 Å². The summed E-state index contributed by atoms with van der Waals surface area (Å²) in [5.41, 5.74) is 9.71. The first-order chi connectivity index (χ1) is 12.2. The van der Waals surface area contributed by atoms with E-state index in [1.54, 1.807) is 6.92 Å². The summed E-state index contributed by atoms with van der Waals surface area (Å²) in [4.78, 5) is 32.3.